The zero-order chi connectivity index (χ0) is 26.5. The number of rotatable bonds is 3. The van der Waals surface area contributed by atoms with Crippen LogP contribution < -0.4 is 0 Å². The van der Waals surface area contributed by atoms with Crippen LogP contribution in [0.1, 0.15) is 106 Å². The zero-order valence-electron chi connectivity index (χ0n) is 23.9. The fourth-order valence-electron chi connectivity index (χ4n) is 10.6. The summed E-state index contributed by atoms with van der Waals surface area (Å²) in [7, 11) is 0. The maximum Gasteiger partial charge on any atom is 0.309 e. The summed E-state index contributed by atoms with van der Waals surface area (Å²) in [6.45, 7) is 22.0. The summed E-state index contributed by atoms with van der Waals surface area (Å²) in [5.41, 5.74) is 2.50. The molecular formula is C32H50O3S. The van der Waals surface area contributed by atoms with Gasteiger partial charge < -0.3 is 9.84 Å². The highest BCUT2D eigenvalue weighted by molar-refractivity contribution is 7.82. The van der Waals surface area contributed by atoms with Gasteiger partial charge in [-0.15, -0.1) is 0 Å². The van der Waals surface area contributed by atoms with Gasteiger partial charge in [-0.05, 0) is 99.7 Å². The Kier molecular flexibility index (Phi) is 6.07. The van der Waals surface area contributed by atoms with Crippen molar-refractivity contribution in [1.82, 2.24) is 0 Å². The highest BCUT2D eigenvalue weighted by atomic mass is 32.1. The molecule has 36 heavy (non-hydrogen) atoms. The van der Waals surface area contributed by atoms with E-state index in [1.165, 1.54) is 24.0 Å². The third-order valence-corrected chi connectivity index (χ3v) is 13.9. The first-order chi connectivity index (χ1) is 16.6. The van der Waals surface area contributed by atoms with Crippen molar-refractivity contribution in [1.29, 1.82) is 0 Å². The molecule has 0 spiro atoms. The van der Waals surface area contributed by atoms with Crippen LogP contribution in [0.25, 0.3) is 0 Å². The van der Waals surface area contributed by atoms with Crippen molar-refractivity contribution in [3.63, 3.8) is 0 Å². The number of hydrogen-bond donors (Lipinski definition) is 2. The third kappa shape index (κ3) is 3.31. The van der Waals surface area contributed by atoms with E-state index in [0.717, 1.165) is 51.6 Å². The zero-order valence-corrected chi connectivity index (χ0v) is 24.8. The average molecular weight is 515 g/mol. The van der Waals surface area contributed by atoms with Gasteiger partial charge in [0.1, 0.15) is 0 Å². The molecule has 0 amide bonds. The molecule has 0 aliphatic heterocycles. The topological polar surface area (TPSA) is 46.5 Å². The largest absolute Gasteiger partial charge is 0.481 e. The van der Waals surface area contributed by atoms with Crippen LogP contribution in [-0.4, -0.2) is 28.5 Å². The number of ether oxygens (including phenoxy) is 1. The van der Waals surface area contributed by atoms with E-state index in [0.29, 0.717) is 23.9 Å². The first-order valence-corrected chi connectivity index (χ1v) is 15.0. The van der Waals surface area contributed by atoms with Gasteiger partial charge in [-0.1, -0.05) is 58.4 Å². The van der Waals surface area contributed by atoms with Crippen LogP contribution in [0.5, 0.6) is 0 Å². The molecule has 0 bridgehead atoms. The minimum Gasteiger partial charge on any atom is -0.481 e. The molecule has 0 heterocycles. The number of allylic oxidation sites excluding steroid dienone is 3. The normalized spacial score (nSPS) is 51.8. The lowest BCUT2D eigenvalue weighted by atomic mass is 9.37. The second kappa shape index (κ2) is 8.13. The monoisotopic (exact) mass is 514 g/mol. The van der Waals surface area contributed by atoms with Crippen molar-refractivity contribution < 1.29 is 14.6 Å². The smallest absolute Gasteiger partial charge is 0.309 e. The lowest BCUT2D eigenvalue weighted by molar-refractivity contribution is -0.168. The minimum atomic E-state index is -0.642. The van der Waals surface area contributed by atoms with Gasteiger partial charge in [0, 0.05) is 22.7 Å². The summed E-state index contributed by atoms with van der Waals surface area (Å²) < 4.78 is 6.15. The Labute approximate surface area is 225 Å². The summed E-state index contributed by atoms with van der Waals surface area (Å²) in [5, 5.41) is 10.1. The van der Waals surface area contributed by atoms with Gasteiger partial charge in [-0.2, -0.15) is 12.6 Å². The molecule has 4 fully saturated rings. The lowest BCUT2D eigenvalue weighted by Crippen LogP contribution is -2.67. The molecule has 202 valence electrons. The van der Waals surface area contributed by atoms with Crippen molar-refractivity contribution in [2.45, 2.75) is 117 Å². The number of carbonyl (C=O) groups is 1. The predicted octanol–water partition coefficient (Wildman–Crippen LogP) is 8.11. The summed E-state index contributed by atoms with van der Waals surface area (Å²) in [4.78, 5) is 12.3. The van der Waals surface area contributed by atoms with Gasteiger partial charge in [-0.25, -0.2) is 0 Å². The molecule has 5 rings (SSSR count). The van der Waals surface area contributed by atoms with E-state index in [2.05, 4.69) is 47.6 Å². The van der Waals surface area contributed by atoms with Crippen LogP contribution >= 0.6 is 12.6 Å². The maximum absolute atomic E-state index is 12.3. The molecule has 0 aromatic carbocycles. The molecule has 3 nitrogen and oxygen atoms in total. The molecule has 9 atom stereocenters. The van der Waals surface area contributed by atoms with E-state index in [1.807, 2.05) is 6.92 Å². The Bertz CT molecular complexity index is 999. The summed E-state index contributed by atoms with van der Waals surface area (Å²) >= 11 is 5.75. The Balaban J connectivity index is 1.59. The minimum absolute atomic E-state index is 0.0300. The fourth-order valence-corrected chi connectivity index (χ4v) is 11.4. The van der Waals surface area contributed by atoms with Crippen molar-refractivity contribution in [3.05, 3.63) is 23.8 Å². The molecule has 0 aromatic heterocycles. The van der Waals surface area contributed by atoms with Crippen molar-refractivity contribution >= 4 is 18.6 Å². The van der Waals surface area contributed by atoms with Gasteiger partial charge in [0.05, 0.1) is 11.5 Å². The Morgan fingerprint density at radius 1 is 1.06 bits per heavy atom. The third-order valence-electron chi connectivity index (χ3n) is 12.9. The van der Waals surface area contributed by atoms with Gasteiger partial charge in [0.15, 0.2) is 0 Å². The van der Waals surface area contributed by atoms with Crippen molar-refractivity contribution in [3.8, 4) is 0 Å². The maximum atomic E-state index is 12.3. The first-order valence-electron chi connectivity index (χ1n) is 14.6. The summed E-state index contributed by atoms with van der Waals surface area (Å²) in [6.07, 6.45) is 12.2. The van der Waals surface area contributed by atoms with E-state index >= 15 is 0 Å². The molecule has 7 unspecified atom stereocenters. The molecule has 1 N–H and O–H groups in total. The number of thiol groups is 1. The van der Waals surface area contributed by atoms with Crippen LogP contribution in [0.15, 0.2) is 23.8 Å². The van der Waals surface area contributed by atoms with Gasteiger partial charge >= 0.3 is 5.97 Å². The van der Waals surface area contributed by atoms with Crippen molar-refractivity contribution in [2.24, 2.45) is 44.8 Å². The van der Waals surface area contributed by atoms with Crippen LogP contribution in [0.4, 0.5) is 0 Å². The molecule has 4 heteroatoms. The molecule has 0 saturated heterocycles. The van der Waals surface area contributed by atoms with Crippen LogP contribution in [0.3, 0.4) is 0 Å². The Morgan fingerprint density at radius 3 is 2.36 bits per heavy atom. The molecule has 0 radical (unpaired) electrons. The lowest BCUT2D eigenvalue weighted by Gasteiger charge is -2.71. The standard InChI is InChI=1S/C32H50O3S/c1-9-35-24-11-12-30(7)23(27(24,3)4)10-13-32(36)25(30)20(2)18-21-22-19-29(6,26(33)34)15-14-28(22,5)16-17-31(21,32)8/h18,22-25,36H,2,9-17,19H2,1,3-8H3,(H,33,34)/t22?,23?,24?,25?,28?,29-,30?,31+,32?/m0/s1. The van der Waals surface area contributed by atoms with Gasteiger partial charge in [0.2, 0.25) is 0 Å². The molecule has 5 aliphatic carbocycles. The number of fused-ring (bicyclic) bond motifs is 7. The summed E-state index contributed by atoms with van der Waals surface area (Å²) in [5.74, 6) is 0.575. The second-order valence-corrected chi connectivity index (χ2v) is 15.8. The molecular weight excluding hydrogens is 464 g/mol. The Morgan fingerprint density at radius 2 is 1.72 bits per heavy atom. The predicted molar refractivity (Wildman–Crippen MR) is 150 cm³/mol. The van der Waals surface area contributed by atoms with Crippen LogP contribution in [0.2, 0.25) is 0 Å². The average Bonchev–Trinajstić information content (AvgIpc) is 2.78. The van der Waals surface area contributed by atoms with E-state index in [-0.39, 0.29) is 26.4 Å². The van der Waals surface area contributed by atoms with E-state index in [4.69, 9.17) is 23.9 Å². The molecule has 5 aliphatic rings. The highest BCUT2D eigenvalue weighted by Crippen LogP contribution is 2.75. The van der Waals surface area contributed by atoms with Gasteiger partial charge in [0.25, 0.3) is 0 Å². The number of aliphatic carboxylic acids is 1. The fraction of sp³-hybridized carbons (Fsp3) is 0.844. The molecule has 4 saturated carbocycles. The molecule has 0 aromatic rings. The number of carboxylic acid groups (broad SMARTS) is 1. The van der Waals surface area contributed by atoms with E-state index < -0.39 is 11.4 Å². The number of carboxylic acids is 1. The van der Waals surface area contributed by atoms with E-state index in [9.17, 15) is 9.90 Å². The summed E-state index contributed by atoms with van der Waals surface area (Å²) in [6, 6.07) is 0. The van der Waals surface area contributed by atoms with Crippen molar-refractivity contribution in [2.75, 3.05) is 6.61 Å². The quantitative estimate of drug-likeness (QED) is 0.374. The van der Waals surface area contributed by atoms with Gasteiger partial charge in [-0.3, -0.25) is 4.79 Å². The second-order valence-electron chi connectivity index (χ2n) is 15.0. The van der Waals surface area contributed by atoms with Crippen LogP contribution in [-0.2, 0) is 9.53 Å². The van der Waals surface area contributed by atoms with Crippen LogP contribution in [0, 0.1) is 44.8 Å². The first kappa shape index (κ1) is 26.9. The highest BCUT2D eigenvalue weighted by Gasteiger charge is 2.69. The van der Waals surface area contributed by atoms with E-state index in [1.54, 1.807) is 0 Å². The SMILES string of the molecule is C=C1C=C2C3C[C@@](C)(C(=O)O)CCC3(C)CC[C@@]2(C)C2(S)CCC3C(C)(C)C(OCC)CCC3(C)C12. The number of hydrogen-bond acceptors (Lipinski definition) is 3. The Hall–Kier alpha value is -0.740.